The molecular formula is C23H26N4O. The highest BCUT2D eigenvalue weighted by Crippen LogP contribution is 2.31. The van der Waals surface area contributed by atoms with Crippen LogP contribution in [0.4, 0.5) is 0 Å². The first-order chi connectivity index (χ1) is 13.6. The third-order valence-corrected chi connectivity index (χ3v) is 5.56. The van der Waals surface area contributed by atoms with Gasteiger partial charge in [-0.25, -0.2) is 0 Å². The van der Waals surface area contributed by atoms with Crippen LogP contribution in [-0.2, 0) is 6.54 Å². The zero-order chi connectivity index (χ0) is 19.6. The minimum Gasteiger partial charge on any atom is -0.338 e. The molecule has 1 aromatic heterocycles. The summed E-state index contributed by atoms with van der Waals surface area (Å²) in [7, 11) is 0. The van der Waals surface area contributed by atoms with Crippen molar-refractivity contribution in [2.75, 3.05) is 19.6 Å². The molecule has 0 spiro atoms. The van der Waals surface area contributed by atoms with E-state index in [0.29, 0.717) is 25.2 Å². The number of rotatable bonds is 5. The molecule has 4 rings (SSSR count). The monoisotopic (exact) mass is 374 g/mol. The normalized spacial score (nSPS) is 19.1. The number of likely N-dealkylation sites (tertiary alicyclic amines) is 1. The molecule has 1 aliphatic rings. The lowest BCUT2D eigenvalue weighted by atomic mass is 9.90. The first-order valence-electron chi connectivity index (χ1n) is 9.74. The fourth-order valence-corrected chi connectivity index (χ4v) is 3.77. The molecule has 2 N–H and O–H groups in total. The zero-order valence-corrected chi connectivity index (χ0v) is 16.2. The molecule has 1 unspecified atom stereocenters. The number of aromatic nitrogens is 2. The van der Waals surface area contributed by atoms with Gasteiger partial charge < -0.3 is 10.6 Å². The van der Waals surface area contributed by atoms with E-state index in [4.69, 9.17) is 10.8 Å². The van der Waals surface area contributed by atoms with Crippen LogP contribution in [0.1, 0.15) is 29.3 Å². The van der Waals surface area contributed by atoms with Crippen molar-refractivity contribution in [2.45, 2.75) is 19.9 Å². The van der Waals surface area contributed by atoms with Gasteiger partial charge in [-0.1, -0.05) is 67.6 Å². The van der Waals surface area contributed by atoms with E-state index < -0.39 is 0 Å². The lowest BCUT2D eigenvalue weighted by Gasteiger charge is -2.22. The van der Waals surface area contributed by atoms with Crippen molar-refractivity contribution in [3.05, 3.63) is 78.0 Å². The Bertz CT molecular complexity index is 951. The average Bonchev–Trinajstić information content (AvgIpc) is 3.33. The summed E-state index contributed by atoms with van der Waals surface area (Å²) in [5.41, 5.74) is 9.43. The number of amides is 1. The molecular weight excluding hydrogens is 348 g/mol. The van der Waals surface area contributed by atoms with Gasteiger partial charge in [-0.2, -0.15) is 5.10 Å². The number of nitrogens with zero attached hydrogens (tertiary/aromatic N) is 3. The smallest absolute Gasteiger partial charge is 0.257 e. The maximum absolute atomic E-state index is 13.3. The van der Waals surface area contributed by atoms with Gasteiger partial charge in [0.15, 0.2) is 0 Å². The minimum atomic E-state index is 0.00258. The summed E-state index contributed by atoms with van der Waals surface area (Å²) in [6.07, 6.45) is 2.82. The predicted molar refractivity (Wildman–Crippen MR) is 111 cm³/mol. The molecule has 1 saturated heterocycles. The predicted octanol–water partition coefficient (Wildman–Crippen LogP) is 3.41. The van der Waals surface area contributed by atoms with Gasteiger partial charge in [0.05, 0.1) is 12.1 Å². The zero-order valence-electron chi connectivity index (χ0n) is 16.2. The minimum absolute atomic E-state index is 0.00258. The second-order valence-corrected chi connectivity index (χ2v) is 7.93. The van der Waals surface area contributed by atoms with Crippen molar-refractivity contribution < 1.29 is 4.79 Å². The van der Waals surface area contributed by atoms with E-state index in [9.17, 15) is 4.79 Å². The van der Waals surface area contributed by atoms with E-state index in [2.05, 4.69) is 19.1 Å². The summed E-state index contributed by atoms with van der Waals surface area (Å²) in [4.78, 5) is 15.3. The van der Waals surface area contributed by atoms with Gasteiger partial charge in [0, 0.05) is 24.8 Å². The second-order valence-electron chi connectivity index (χ2n) is 7.93. The Kier molecular flexibility index (Phi) is 5.01. The Morgan fingerprint density at radius 1 is 1.11 bits per heavy atom. The molecule has 0 radical (unpaired) electrons. The largest absolute Gasteiger partial charge is 0.338 e. The van der Waals surface area contributed by atoms with Crippen LogP contribution in [0.15, 0.2) is 66.9 Å². The molecule has 0 bridgehead atoms. The molecule has 1 amide bonds. The molecule has 0 saturated carbocycles. The fourth-order valence-electron chi connectivity index (χ4n) is 3.77. The van der Waals surface area contributed by atoms with Crippen molar-refractivity contribution in [3.8, 4) is 11.3 Å². The van der Waals surface area contributed by atoms with Gasteiger partial charge in [-0.15, -0.1) is 0 Å². The molecule has 144 valence electrons. The van der Waals surface area contributed by atoms with Crippen molar-refractivity contribution in [3.63, 3.8) is 0 Å². The molecule has 5 heteroatoms. The summed E-state index contributed by atoms with van der Waals surface area (Å²) >= 11 is 0. The van der Waals surface area contributed by atoms with Gasteiger partial charge >= 0.3 is 0 Å². The van der Waals surface area contributed by atoms with Crippen LogP contribution in [0.5, 0.6) is 0 Å². The summed E-state index contributed by atoms with van der Waals surface area (Å²) < 4.78 is 1.86. The van der Waals surface area contributed by atoms with Crippen LogP contribution in [0.3, 0.4) is 0 Å². The number of carbonyl (C=O) groups is 1. The lowest BCUT2D eigenvalue weighted by Crippen LogP contribution is -2.34. The topological polar surface area (TPSA) is 64.2 Å². The van der Waals surface area contributed by atoms with Gasteiger partial charge in [-0.05, 0) is 23.9 Å². The Hall–Kier alpha value is -2.92. The number of nitrogens with two attached hydrogens (primary N) is 1. The first kappa shape index (κ1) is 18.4. The Labute approximate surface area is 165 Å². The van der Waals surface area contributed by atoms with Gasteiger partial charge in [-0.3, -0.25) is 9.48 Å². The summed E-state index contributed by atoms with van der Waals surface area (Å²) in [5.74, 6) is 0.0374. The molecule has 3 aromatic rings. The summed E-state index contributed by atoms with van der Waals surface area (Å²) in [6, 6.07) is 20.1. The maximum atomic E-state index is 13.3. The van der Waals surface area contributed by atoms with E-state index in [1.807, 2.05) is 64.3 Å². The molecule has 28 heavy (non-hydrogen) atoms. The highest BCUT2D eigenvalue weighted by molar-refractivity contribution is 6.00. The van der Waals surface area contributed by atoms with Crippen molar-refractivity contribution >= 4 is 5.91 Å². The fraction of sp³-hybridized carbons (Fsp3) is 0.304. The molecule has 1 aliphatic heterocycles. The lowest BCUT2D eigenvalue weighted by molar-refractivity contribution is 0.0777. The van der Waals surface area contributed by atoms with Crippen LogP contribution in [0.25, 0.3) is 11.3 Å². The maximum Gasteiger partial charge on any atom is 0.257 e. The number of carbonyl (C=O) groups excluding carboxylic acids is 1. The van der Waals surface area contributed by atoms with Crippen molar-refractivity contribution in [2.24, 2.45) is 11.1 Å². The third-order valence-electron chi connectivity index (χ3n) is 5.56. The van der Waals surface area contributed by atoms with Gasteiger partial charge in [0.2, 0.25) is 0 Å². The highest BCUT2D eigenvalue weighted by atomic mass is 16.2. The first-order valence-corrected chi connectivity index (χ1v) is 9.74. The molecule has 2 heterocycles. The molecule has 2 aromatic carbocycles. The van der Waals surface area contributed by atoms with Crippen LogP contribution >= 0.6 is 0 Å². The standard InChI is InChI=1S/C23H26N4O/c1-23(16-24)12-13-26(17-23)22(28)20-15-27(14-18-8-4-2-5-9-18)25-21(20)19-10-6-3-7-11-19/h2-11,15H,12-14,16-17,24H2,1H3. The van der Waals surface area contributed by atoms with E-state index in [1.54, 1.807) is 0 Å². The Morgan fingerprint density at radius 3 is 2.43 bits per heavy atom. The van der Waals surface area contributed by atoms with Crippen molar-refractivity contribution in [1.29, 1.82) is 0 Å². The van der Waals surface area contributed by atoms with Crippen LogP contribution in [0, 0.1) is 5.41 Å². The number of hydrogen-bond acceptors (Lipinski definition) is 3. The second kappa shape index (κ2) is 7.60. The summed E-state index contributed by atoms with van der Waals surface area (Å²) in [5, 5.41) is 4.77. The van der Waals surface area contributed by atoms with E-state index in [-0.39, 0.29) is 11.3 Å². The highest BCUT2D eigenvalue weighted by Gasteiger charge is 2.36. The average molecular weight is 374 g/mol. The Balaban J connectivity index is 1.68. The van der Waals surface area contributed by atoms with E-state index >= 15 is 0 Å². The number of hydrogen-bond donors (Lipinski definition) is 1. The quantitative estimate of drug-likeness (QED) is 0.744. The molecule has 1 fully saturated rings. The van der Waals surface area contributed by atoms with Crippen molar-refractivity contribution in [1.82, 2.24) is 14.7 Å². The Morgan fingerprint density at radius 2 is 1.79 bits per heavy atom. The SMILES string of the molecule is CC1(CN)CCN(C(=O)c2cn(Cc3ccccc3)nc2-c2ccccc2)C1. The van der Waals surface area contributed by atoms with Gasteiger partial charge in [0.25, 0.3) is 5.91 Å². The number of benzene rings is 2. The molecule has 5 nitrogen and oxygen atoms in total. The molecule has 0 aliphatic carbocycles. The third kappa shape index (κ3) is 3.71. The molecule has 1 atom stereocenters. The van der Waals surface area contributed by atoms with Crippen LogP contribution < -0.4 is 5.73 Å². The van der Waals surface area contributed by atoms with E-state index in [1.165, 1.54) is 0 Å². The van der Waals surface area contributed by atoms with Gasteiger partial charge in [0.1, 0.15) is 5.69 Å². The van der Waals surface area contributed by atoms with Crippen LogP contribution in [-0.4, -0.2) is 40.2 Å². The van der Waals surface area contributed by atoms with E-state index in [0.717, 1.165) is 29.8 Å². The van der Waals surface area contributed by atoms with Crippen LogP contribution in [0.2, 0.25) is 0 Å². The summed E-state index contributed by atoms with van der Waals surface area (Å²) in [6.45, 7) is 4.81.